The third-order valence-electron chi connectivity index (χ3n) is 3.51. The first kappa shape index (κ1) is 15.2. The van der Waals surface area contributed by atoms with E-state index in [1.807, 2.05) is 17.9 Å². The quantitative estimate of drug-likeness (QED) is 0.844. The smallest absolute Gasteiger partial charge is 0.0538 e. The first-order chi connectivity index (χ1) is 8.32. The van der Waals surface area contributed by atoms with Crippen molar-refractivity contribution >= 4 is 0 Å². The van der Waals surface area contributed by atoms with Crippen LogP contribution >= 0.6 is 0 Å². The summed E-state index contributed by atoms with van der Waals surface area (Å²) in [5, 5.41) is 4.26. The highest BCUT2D eigenvalue weighted by molar-refractivity contribution is 5.13. The van der Waals surface area contributed by atoms with Gasteiger partial charge < -0.3 is 5.73 Å². The minimum absolute atomic E-state index is 0.0915. The molecule has 0 radical (unpaired) electrons. The van der Waals surface area contributed by atoms with E-state index in [0.717, 1.165) is 0 Å². The molecular formula is C14H28N4. The summed E-state index contributed by atoms with van der Waals surface area (Å²) >= 11 is 0. The molecule has 0 fully saturated rings. The predicted molar refractivity (Wildman–Crippen MR) is 76.3 cm³/mol. The molecule has 0 saturated carbocycles. The van der Waals surface area contributed by atoms with Gasteiger partial charge in [0.1, 0.15) is 0 Å². The Hall–Kier alpha value is -0.870. The number of aryl methyl sites for hydroxylation is 1. The SMILES string of the molecule is CC(C)CC(C)N(C)C(c1cnn(C)c1)C(C)N. The van der Waals surface area contributed by atoms with Gasteiger partial charge in [-0.2, -0.15) is 5.10 Å². The van der Waals surface area contributed by atoms with E-state index in [9.17, 15) is 0 Å². The summed E-state index contributed by atoms with van der Waals surface area (Å²) in [6.45, 7) is 8.85. The molecule has 0 aliphatic rings. The van der Waals surface area contributed by atoms with Crippen LogP contribution in [0.4, 0.5) is 0 Å². The van der Waals surface area contributed by atoms with Gasteiger partial charge in [0.05, 0.1) is 12.2 Å². The molecule has 0 aromatic carbocycles. The van der Waals surface area contributed by atoms with Gasteiger partial charge >= 0.3 is 0 Å². The van der Waals surface area contributed by atoms with E-state index in [1.54, 1.807) is 0 Å². The van der Waals surface area contributed by atoms with Crippen LogP contribution in [0.2, 0.25) is 0 Å². The number of aromatic nitrogens is 2. The van der Waals surface area contributed by atoms with Crippen molar-refractivity contribution in [3.8, 4) is 0 Å². The van der Waals surface area contributed by atoms with E-state index >= 15 is 0 Å². The lowest BCUT2D eigenvalue weighted by Crippen LogP contribution is -2.42. The molecule has 0 bridgehead atoms. The lowest BCUT2D eigenvalue weighted by atomic mass is 9.98. The molecule has 0 saturated heterocycles. The van der Waals surface area contributed by atoms with Crippen LogP contribution in [0, 0.1) is 5.92 Å². The number of nitrogens with zero attached hydrogens (tertiary/aromatic N) is 3. The van der Waals surface area contributed by atoms with Crippen molar-refractivity contribution in [1.82, 2.24) is 14.7 Å². The second-order valence-corrected chi connectivity index (χ2v) is 5.90. The Morgan fingerprint density at radius 2 is 1.94 bits per heavy atom. The number of hydrogen-bond acceptors (Lipinski definition) is 3. The molecule has 1 aromatic heterocycles. The summed E-state index contributed by atoms with van der Waals surface area (Å²) < 4.78 is 1.84. The van der Waals surface area contributed by atoms with Crippen molar-refractivity contribution < 1.29 is 0 Å². The molecule has 2 N–H and O–H groups in total. The molecule has 104 valence electrons. The van der Waals surface area contributed by atoms with Gasteiger partial charge in [0, 0.05) is 30.9 Å². The second kappa shape index (κ2) is 6.34. The zero-order valence-corrected chi connectivity index (χ0v) is 12.6. The third kappa shape index (κ3) is 3.82. The topological polar surface area (TPSA) is 47.1 Å². The summed E-state index contributed by atoms with van der Waals surface area (Å²) in [5.74, 6) is 0.699. The van der Waals surface area contributed by atoms with Gasteiger partial charge in [0.25, 0.3) is 0 Å². The zero-order valence-electron chi connectivity index (χ0n) is 12.6. The summed E-state index contributed by atoms with van der Waals surface area (Å²) in [6, 6.07) is 0.836. The van der Waals surface area contributed by atoms with Crippen molar-refractivity contribution in [2.75, 3.05) is 7.05 Å². The number of likely N-dealkylation sites (N-methyl/N-ethyl adjacent to an activating group) is 1. The molecule has 1 heterocycles. The highest BCUT2D eigenvalue weighted by Crippen LogP contribution is 2.25. The highest BCUT2D eigenvalue weighted by Gasteiger charge is 2.26. The number of nitrogens with two attached hydrogens (primary N) is 1. The highest BCUT2D eigenvalue weighted by atomic mass is 15.3. The molecule has 4 nitrogen and oxygen atoms in total. The van der Waals surface area contributed by atoms with Gasteiger partial charge in [-0.25, -0.2) is 0 Å². The van der Waals surface area contributed by atoms with Crippen LogP contribution in [0.5, 0.6) is 0 Å². The van der Waals surface area contributed by atoms with E-state index in [0.29, 0.717) is 12.0 Å². The zero-order chi connectivity index (χ0) is 13.9. The normalized spacial score (nSPS) is 17.2. The fraction of sp³-hybridized carbons (Fsp3) is 0.786. The van der Waals surface area contributed by atoms with Gasteiger partial charge in [-0.05, 0) is 33.2 Å². The van der Waals surface area contributed by atoms with E-state index in [4.69, 9.17) is 5.73 Å². The number of hydrogen-bond donors (Lipinski definition) is 1. The van der Waals surface area contributed by atoms with Crippen molar-refractivity contribution in [3.63, 3.8) is 0 Å². The van der Waals surface area contributed by atoms with Gasteiger partial charge in [0.15, 0.2) is 0 Å². The molecule has 0 amide bonds. The standard InChI is InChI=1S/C14H28N4/c1-10(2)7-11(3)18(6)14(12(4)15)13-8-16-17(5)9-13/h8-12,14H,7,15H2,1-6H3. The van der Waals surface area contributed by atoms with Crippen LogP contribution in [0.25, 0.3) is 0 Å². The van der Waals surface area contributed by atoms with Crippen LogP contribution in [0.15, 0.2) is 12.4 Å². The van der Waals surface area contributed by atoms with E-state index < -0.39 is 0 Å². The molecule has 3 unspecified atom stereocenters. The Bertz CT molecular complexity index is 356. The molecule has 0 aliphatic carbocycles. The fourth-order valence-corrected chi connectivity index (χ4v) is 2.63. The van der Waals surface area contributed by atoms with Gasteiger partial charge in [-0.3, -0.25) is 9.58 Å². The Kier molecular flexibility index (Phi) is 5.35. The molecular weight excluding hydrogens is 224 g/mol. The Balaban J connectivity index is 2.85. The maximum Gasteiger partial charge on any atom is 0.0538 e. The van der Waals surface area contributed by atoms with E-state index in [2.05, 4.69) is 50.9 Å². The Morgan fingerprint density at radius 1 is 1.33 bits per heavy atom. The predicted octanol–water partition coefficient (Wildman–Crippen LogP) is 2.17. The number of rotatable bonds is 6. The lowest BCUT2D eigenvalue weighted by Gasteiger charge is -2.35. The monoisotopic (exact) mass is 252 g/mol. The van der Waals surface area contributed by atoms with Gasteiger partial charge in [0.2, 0.25) is 0 Å². The summed E-state index contributed by atoms with van der Waals surface area (Å²) in [7, 11) is 4.10. The summed E-state index contributed by atoms with van der Waals surface area (Å²) in [5.41, 5.74) is 7.37. The van der Waals surface area contributed by atoms with Crippen molar-refractivity contribution in [1.29, 1.82) is 0 Å². The third-order valence-corrected chi connectivity index (χ3v) is 3.51. The van der Waals surface area contributed by atoms with Gasteiger partial charge in [-0.15, -0.1) is 0 Å². The molecule has 4 heteroatoms. The first-order valence-electron chi connectivity index (χ1n) is 6.79. The van der Waals surface area contributed by atoms with Crippen molar-refractivity contribution in [2.24, 2.45) is 18.7 Å². The van der Waals surface area contributed by atoms with Crippen LogP contribution < -0.4 is 5.73 Å². The molecule has 0 spiro atoms. The lowest BCUT2D eigenvalue weighted by molar-refractivity contribution is 0.148. The average Bonchev–Trinajstić information content (AvgIpc) is 2.63. The maximum absolute atomic E-state index is 6.17. The second-order valence-electron chi connectivity index (χ2n) is 5.90. The summed E-state index contributed by atoms with van der Waals surface area (Å²) in [6.07, 6.45) is 5.17. The fourth-order valence-electron chi connectivity index (χ4n) is 2.63. The molecule has 1 aromatic rings. The van der Waals surface area contributed by atoms with E-state index in [1.165, 1.54) is 12.0 Å². The van der Waals surface area contributed by atoms with Gasteiger partial charge in [-0.1, -0.05) is 13.8 Å². The van der Waals surface area contributed by atoms with Crippen LogP contribution in [-0.2, 0) is 7.05 Å². The molecule has 1 rings (SSSR count). The van der Waals surface area contributed by atoms with Crippen molar-refractivity contribution in [2.45, 2.75) is 52.2 Å². The van der Waals surface area contributed by atoms with E-state index in [-0.39, 0.29) is 12.1 Å². The van der Waals surface area contributed by atoms with Crippen LogP contribution in [0.1, 0.15) is 45.7 Å². The minimum Gasteiger partial charge on any atom is -0.326 e. The summed E-state index contributed by atoms with van der Waals surface area (Å²) in [4.78, 5) is 2.38. The van der Waals surface area contributed by atoms with Crippen LogP contribution in [0.3, 0.4) is 0 Å². The molecule has 18 heavy (non-hydrogen) atoms. The Morgan fingerprint density at radius 3 is 2.33 bits per heavy atom. The Labute approximate surface area is 111 Å². The molecule has 3 atom stereocenters. The van der Waals surface area contributed by atoms with Crippen molar-refractivity contribution in [3.05, 3.63) is 18.0 Å². The largest absolute Gasteiger partial charge is 0.326 e. The molecule has 0 aliphatic heterocycles. The maximum atomic E-state index is 6.17. The first-order valence-corrected chi connectivity index (χ1v) is 6.79. The van der Waals surface area contributed by atoms with Crippen LogP contribution in [-0.4, -0.2) is 33.8 Å². The minimum atomic E-state index is 0.0915. The average molecular weight is 252 g/mol.